The number of ether oxygens (including phenoxy) is 3. The Labute approximate surface area is 215 Å². The van der Waals surface area contributed by atoms with Crippen molar-refractivity contribution in [2.24, 2.45) is 0 Å². The standard InChI is InChI=1S/C27H32FN3O6/c1-19-5-10-23(37-19)17-31(16-20-6-8-21(28)9-7-20)26(32)18-30(13-14-34-2)27(33)29-24-12-11-22(35-3)15-25(24)36-4/h5-12,15H,13-14,16-18H2,1-4H3,(H,29,33). The number of anilines is 1. The number of nitrogens with one attached hydrogen (secondary N) is 1. The predicted octanol–water partition coefficient (Wildman–Crippen LogP) is 4.45. The van der Waals surface area contributed by atoms with Gasteiger partial charge in [-0.1, -0.05) is 12.1 Å². The minimum absolute atomic E-state index is 0.177. The summed E-state index contributed by atoms with van der Waals surface area (Å²) < 4.78 is 34.8. The molecule has 3 amide bonds. The van der Waals surface area contributed by atoms with Crippen LogP contribution in [-0.4, -0.2) is 62.8 Å². The van der Waals surface area contributed by atoms with Gasteiger partial charge in [0, 0.05) is 26.3 Å². The molecule has 9 nitrogen and oxygen atoms in total. The van der Waals surface area contributed by atoms with Crippen LogP contribution in [0, 0.1) is 12.7 Å². The third-order valence-corrected chi connectivity index (χ3v) is 5.61. The van der Waals surface area contributed by atoms with E-state index in [4.69, 9.17) is 18.6 Å². The number of furan rings is 1. The lowest BCUT2D eigenvalue weighted by Gasteiger charge is -2.27. The van der Waals surface area contributed by atoms with Gasteiger partial charge in [-0.05, 0) is 48.9 Å². The number of carbonyl (C=O) groups is 2. The van der Waals surface area contributed by atoms with Crippen molar-refractivity contribution in [1.29, 1.82) is 0 Å². The fraction of sp³-hybridized carbons (Fsp3) is 0.333. The van der Waals surface area contributed by atoms with Gasteiger partial charge in [-0.15, -0.1) is 0 Å². The molecule has 3 rings (SSSR count). The van der Waals surface area contributed by atoms with Gasteiger partial charge >= 0.3 is 6.03 Å². The van der Waals surface area contributed by atoms with Crippen LogP contribution in [0.15, 0.2) is 59.0 Å². The number of carbonyl (C=O) groups excluding carboxylic acids is 2. The van der Waals surface area contributed by atoms with Crippen LogP contribution in [0.2, 0.25) is 0 Å². The van der Waals surface area contributed by atoms with Crippen LogP contribution in [0.4, 0.5) is 14.9 Å². The molecule has 0 atom stereocenters. The zero-order valence-corrected chi connectivity index (χ0v) is 21.5. The topological polar surface area (TPSA) is 93.5 Å². The number of nitrogens with zero attached hydrogens (tertiary/aromatic N) is 2. The SMILES string of the molecule is COCCN(CC(=O)N(Cc1ccc(F)cc1)Cc1ccc(C)o1)C(=O)Nc1ccc(OC)cc1OC. The number of methoxy groups -OCH3 is 3. The average molecular weight is 514 g/mol. The molecule has 1 N–H and O–H groups in total. The summed E-state index contributed by atoms with van der Waals surface area (Å²) in [6, 6.07) is 14.0. The Balaban J connectivity index is 1.79. The van der Waals surface area contributed by atoms with Gasteiger partial charge in [-0.3, -0.25) is 4.79 Å². The highest BCUT2D eigenvalue weighted by Crippen LogP contribution is 2.29. The highest BCUT2D eigenvalue weighted by Gasteiger charge is 2.23. The molecule has 10 heteroatoms. The second kappa shape index (κ2) is 13.3. The van der Waals surface area contributed by atoms with Crippen LogP contribution in [0.25, 0.3) is 0 Å². The van der Waals surface area contributed by atoms with Crippen molar-refractivity contribution in [3.05, 3.63) is 77.5 Å². The van der Waals surface area contributed by atoms with Gasteiger partial charge in [-0.2, -0.15) is 0 Å². The van der Waals surface area contributed by atoms with Gasteiger partial charge in [0.05, 0.1) is 33.1 Å². The number of benzene rings is 2. The van der Waals surface area contributed by atoms with E-state index >= 15 is 0 Å². The van der Waals surface area contributed by atoms with Gasteiger partial charge in [0.2, 0.25) is 5.91 Å². The molecule has 0 aliphatic rings. The highest BCUT2D eigenvalue weighted by atomic mass is 19.1. The fourth-order valence-corrected chi connectivity index (χ4v) is 3.61. The first-order valence-corrected chi connectivity index (χ1v) is 11.7. The Kier molecular flexibility index (Phi) is 9.91. The molecule has 37 heavy (non-hydrogen) atoms. The number of halogens is 1. The van der Waals surface area contributed by atoms with Crippen LogP contribution in [0.5, 0.6) is 11.5 Å². The van der Waals surface area contributed by atoms with Crippen LogP contribution in [-0.2, 0) is 22.6 Å². The molecule has 0 saturated heterocycles. The van der Waals surface area contributed by atoms with E-state index in [1.165, 1.54) is 38.4 Å². The Morgan fingerprint density at radius 3 is 2.32 bits per heavy atom. The smallest absolute Gasteiger partial charge is 0.322 e. The van der Waals surface area contributed by atoms with Gasteiger partial charge < -0.3 is 33.7 Å². The second-order valence-electron chi connectivity index (χ2n) is 8.30. The van der Waals surface area contributed by atoms with E-state index in [2.05, 4.69) is 5.32 Å². The summed E-state index contributed by atoms with van der Waals surface area (Å²) in [5, 5.41) is 2.79. The maximum atomic E-state index is 13.5. The van der Waals surface area contributed by atoms with E-state index in [1.54, 1.807) is 41.3 Å². The predicted molar refractivity (Wildman–Crippen MR) is 136 cm³/mol. The molecule has 198 valence electrons. The van der Waals surface area contributed by atoms with Crippen molar-refractivity contribution < 1.29 is 32.6 Å². The van der Waals surface area contributed by atoms with Crippen LogP contribution >= 0.6 is 0 Å². The van der Waals surface area contributed by atoms with E-state index in [-0.39, 0.29) is 44.5 Å². The van der Waals surface area contributed by atoms with E-state index in [0.29, 0.717) is 22.9 Å². The number of urea groups is 1. The molecule has 0 aliphatic heterocycles. The molecule has 1 heterocycles. The van der Waals surface area contributed by atoms with Gasteiger partial charge in [0.15, 0.2) is 0 Å². The lowest BCUT2D eigenvalue weighted by atomic mass is 10.2. The molecular formula is C27H32FN3O6. The van der Waals surface area contributed by atoms with Crippen molar-refractivity contribution in [2.75, 3.05) is 46.3 Å². The van der Waals surface area contributed by atoms with E-state index in [9.17, 15) is 14.0 Å². The van der Waals surface area contributed by atoms with Crippen LogP contribution in [0.1, 0.15) is 17.1 Å². The molecule has 0 bridgehead atoms. The number of hydrogen-bond donors (Lipinski definition) is 1. The Hall–Kier alpha value is -4.05. The van der Waals surface area contributed by atoms with E-state index in [1.807, 2.05) is 13.0 Å². The molecule has 0 radical (unpaired) electrons. The zero-order chi connectivity index (χ0) is 26.8. The van der Waals surface area contributed by atoms with E-state index in [0.717, 1.165) is 11.3 Å². The number of rotatable bonds is 12. The first-order valence-electron chi connectivity index (χ1n) is 11.7. The molecular weight excluding hydrogens is 481 g/mol. The first-order chi connectivity index (χ1) is 17.8. The van der Waals surface area contributed by atoms with Gasteiger partial charge in [0.1, 0.15) is 35.4 Å². The van der Waals surface area contributed by atoms with Gasteiger partial charge in [0.25, 0.3) is 0 Å². The minimum atomic E-state index is -0.496. The normalized spacial score (nSPS) is 10.6. The summed E-state index contributed by atoms with van der Waals surface area (Å²) in [5.41, 5.74) is 1.17. The first kappa shape index (κ1) is 27.5. The fourth-order valence-electron chi connectivity index (χ4n) is 3.61. The maximum Gasteiger partial charge on any atom is 0.322 e. The zero-order valence-electron chi connectivity index (χ0n) is 21.5. The maximum absolute atomic E-state index is 13.5. The summed E-state index contributed by atoms with van der Waals surface area (Å²) >= 11 is 0. The third-order valence-electron chi connectivity index (χ3n) is 5.61. The minimum Gasteiger partial charge on any atom is -0.497 e. The molecule has 0 saturated carbocycles. The summed E-state index contributed by atoms with van der Waals surface area (Å²) in [7, 11) is 4.54. The van der Waals surface area contributed by atoms with Crippen LogP contribution < -0.4 is 14.8 Å². The second-order valence-corrected chi connectivity index (χ2v) is 8.30. The highest BCUT2D eigenvalue weighted by molar-refractivity contribution is 5.93. The average Bonchev–Trinajstić information content (AvgIpc) is 3.31. The van der Waals surface area contributed by atoms with E-state index < -0.39 is 6.03 Å². The third kappa shape index (κ3) is 7.97. The molecule has 0 aliphatic carbocycles. The van der Waals surface area contributed by atoms with Crippen LogP contribution in [0.3, 0.4) is 0 Å². The molecule has 1 aromatic heterocycles. The Morgan fingerprint density at radius 1 is 0.946 bits per heavy atom. The number of hydrogen-bond acceptors (Lipinski definition) is 6. The number of aryl methyl sites for hydroxylation is 1. The largest absolute Gasteiger partial charge is 0.497 e. The lowest BCUT2D eigenvalue weighted by Crippen LogP contribution is -2.45. The number of amides is 3. The summed E-state index contributed by atoms with van der Waals surface area (Å²) in [6.45, 7) is 2.42. The molecule has 2 aromatic carbocycles. The summed E-state index contributed by atoms with van der Waals surface area (Å²) in [4.78, 5) is 29.6. The van der Waals surface area contributed by atoms with Crippen molar-refractivity contribution >= 4 is 17.6 Å². The summed E-state index contributed by atoms with van der Waals surface area (Å²) in [5.74, 6) is 1.64. The summed E-state index contributed by atoms with van der Waals surface area (Å²) in [6.07, 6.45) is 0. The Bertz CT molecular complexity index is 1180. The lowest BCUT2D eigenvalue weighted by molar-refractivity contribution is -0.133. The molecule has 0 spiro atoms. The molecule has 0 fully saturated rings. The van der Waals surface area contributed by atoms with Crippen molar-refractivity contribution in [2.45, 2.75) is 20.0 Å². The quantitative estimate of drug-likeness (QED) is 0.385. The monoisotopic (exact) mass is 513 g/mol. The Morgan fingerprint density at radius 2 is 1.70 bits per heavy atom. The van der Waals surface area contributed by atoms with Gasteiger partial charge in [-0.25, -0.2) is 9.18 Å². The van der Waals surface area contributed by atoms with Crippen molar-refractivity contribution in [3.8, 4) is 11.5 Å². The molecule has 3 aromatic rings. The van der Waals surface area contributed by atoms with Crippen molar-refractivity contribution in [3.63, 3.8) is 0 Å². The molecule has 0 unspecified atom stereocenters. The van der Waals surface area contributed by atoms with Crippen molar-refractivity contribution in [1.82, 2.24) is 9.80 Å².